The zero-order valence-corrected chi connectivity index (χ0v) is 10.0. The molecule has 1 aromatic rings. The van der Waals surface area contributed by atoms with Gasteiger partial charge in [0.05, 0.1) is 6.54 Å². The number of likely N-dealkylation sites (N-methyl/N-ethyl adjacent to an activating group) is 1. The van der Waals surface area contributed by atoms with E-state index in [4.69, 9.17) is 9.84 Å². The lowest BCUT2D eigenvalue weighted by atomic mass is 10.2. The van der Waals surface area contributed by atoms with Crippen molar-refractivity contribution in [3.63, 3.8) is 0 Å². The van der Waals surface area contributed by atoms with Crippen molar-refractivity contribution < 1.29 is 14.6 Å². The van der Waals surface area contributed by atoms with E-state index in [0.29, 0.717) is 11.8 Å². The van der Waals surface area contributed by atoms with E-state index in [9.17, 15) is 4.79 Å². The Balaban J connectivity index is 1.99. The number of aromatic nitrogens is 1. The van der Waals surface area contributed by atoms with Gasteiger partial charge in [-0.2, -0.15) is 0 Å². The predicted octanol–water partition coefficient (Wildman–Crippen LogP) is 1.33. The van der Waals surface area contributed by atoms with Crippen molar-refractivity contribution in [3.8, 4) is 5.88 Å². The monoisotopic (exact) mass is 236 g/mol. The number of hydrogen-bond donors (Lipinski definition) is 1. The van der Waals surface area contributed by atoms with E-state index in [-0.39, 0.29) is 11.8 Å². The molecular formula is C12H16N2O3. The number of aromatic carboxylic acids is 1. The minimum atomic E-state index is -0.915. The van der Waals surface area contributed by atoms with Crippen molar-refractivity contribution in [1.29, 1.82) is 0 Å². The van der Waals surface area contributed by atoms with Gasteiger partial charge in [0.2, 0.25) is 5.88 Å². The van der Waals surface area contributed by atoms with Gasteiger partial charge in [-0.05, 0) is 24.8 Å². The summed E-state index contributed by atoms with van der Waals surface area (Å²) in [5.74, 6) is 0.420. The average Bonchev–Trinajstić information content (AvgIpc) is 3.05. The average molecular weight is 236 g/mol. The Hall–Kier alpha value is -1.65. The Morgan fingerprint density at radius 2 is 2.18 bits per heavy atom. The number of hydrogen-bond acceptors (Lipinski definition) is 3. The summed E-state index contributed by atoms with van der Waals surface area (Å²) < 4.78 is 7.57. The second kappa shape index (κ2) is 3.42. The van der Waals surface area contributed by atoms with E-state index < -0.39 is 5.97 Å². The van der Waals surface area contributed by atoms with Gasteiger partial charge >= 0.3 is 5.97 Å². The molecule has 2 heterocycles. The van der Waals surface area contributed by atoms with Crippen LogP contribution in [0, 0.1) is 5.92 Å². The lowest BCUT2D eigenvalue weighted by molar-refractivity contribution is 0.0683. The first-order chi connectivity index (χ1) is 8.08. The van der Waals surface area contributed by atoms with Crippen LogP contribution in [0.25, 0.3) is 0 Å². The molecule has 0 bridgehead atoms. The third-order valence-electron chi connectivity index (χ3n) is 3.65. The molecule has 17 heavy (non-hydrogen) atoms. The van der Waals surface area contributed by atoms with Gasteiger partial charge in [-0.1, -0.05) is 0 Å². The Morgan fingerprint density at radius 3 is 2.76 bits per heavy atom. The van der Waals surface area contributed by atoms with Crippen LogP contribution in [0.15, 0.2) is 6.07 Å². The number of ether oxygens (including phenoxy) is 1. The van der Waals surface area contributed by atoms with Gasteiger partial charge in [-0.15, -0.1) is 0 Å². The van der Waals surface area contributed by atoms with Crippen molar-refractivity contribution >= 4 is 11.7 Å². The number of nitrogens with zero attached hydrogens (tertiary/aromatic N) is 2. The summed E-state index contributed by atoms with van der Waals surface area (Å²) >= 11 is 0. The maximum Gasteiger partial charge on any atom is 0.352 e. The summed E-state index contributed by atoms with van der Waals surface area (Å²) in [6.07, 6.45) is 2.66. The van der Waals surface area contributed by atoms with Gasteiger partial charge < -0.3 is 19.3 Å². The molecule has 0 spiro atoms. The van der Waals surface area contributed by atoms with Crippen molar-refractivity contribution in [2.75, 3.05) is 18.5 Å². The Bertz CT molecular complexity index is 476. The quantitative estimate of drug-likeness (QED) is 0.841. The van der Waals surface area contributed by atoms with Gasteiger partial charge in [0.15, 0.2) is 0 Å². The molecule has 1 aliphatic heterocycles. The van der Waals surface area contributed by atoms with Crippen LogP contribution < -0.4 is 9.64 Å². The lowest BCUT2D eigenvalue weighted by Gasteiger charge is -2.32. The van der Waals surface area contributed by atoms with Crippen LogP contribution in [0.2, 0.25) is 0 Å². The van der Waals surface area contributed by atoms with E-state index in [0.717, 1.165) is 12.2 Å². The highest BCUT2D eigenvalue weighted by molar-refractivity contribution is 5.89. The summed E-state index contributed by atoms with van der Waals surface area (Å²) in [5, 5.41) is 9.09. The van der Waals surface area contributed by atoms with Gasteiger partial charge in [-0.3, -0.25) is 0 Å². The highest BCUT2D eigenvalue weighted by atomic mass is 16.5. The van der Waals surface area contributed by atoms with Crippen LogP contribution in [0.4, 0.5) is 5.69 Å². The fraction of sp³-hybridized carbons (Fsp3) is 0.583. The number of carboxylic acid groups (broad SMARTS) is 1. The van der Waals surface area contributed by atoms with Crippen LogP contribution in [0.1, 0.15) is 23.3 Å². The minimum absolute atomic E-state index is 0.211. The molecule has 1 N–H and O–H groups in total. The third-order valence-corrected chi connectivity index (χ3v) is 3.65. The van der Waals surface area contributed by atoms with E-state index in [1.807, 2.05) is 7.05 Å². The molecule has 1 saturated carbocycles. The molecule has 92 valence electrons. The lowest BCUT2D eigenvalue weighted by Crippen LogP contribution is -2.39. The molecule has 0 radical (unpaired) electrons. The molecule has 5 nitrogen and oxygen atoms in total. The zero-order chi connectivity index (χ0) is 12.2. The normalized spacial score (nSPS) is 23.2. The van der Waals surface area contributed by atoms with Crippen molar-refractivity contribution in [3.05, 3.63) is 11.8 Å². The van der Waals surface area contributed by atoms with E-state index in [2.05, 4.69) is 4.90 Å². The third kappa shape index (κ3) is 1.57. The van der Waals surface area contributed by atoms with Crippen LogP contribution >= 0.6 is 0 Å². The van der Waals surface area contributed by atoms with E-state index in [1.54, 1.807) is 17.7 Å². The maximum absolute atomic E-state index is 11.1. The van der Waals surface area contributed by atoms with Crippen LogP contribution in [0.3, 0.4) is 0 Å². The van der Waals surface area contributed by atoms with Crippen molar-refractivity contribution in [2.45, 2.75) is 18.9 Å². The van der Waals surface area contributed by atoms with E-state index in [1.165, 1.54) is 12.8 Å². The first-order valence-electron chi connectivity index (χ1n) is 5.88. The molecule has 0 saturated heterocycles. The number of carboxylic acids is 1. The zero-order valence-electron chi connectivity index (χ0n) is 10.0. The topological polar surface area (TPSA) is 54.7 Å². The highest BCUT2D eigenvalue weighted by Gasteiger charge is 2.38. The molecule has 0 aromatic carbocycles. The molecule has 1 aromatic heterocycles. The molecule has 0 amide bonds. The SMILES string of the molecule is CN1CC(C2CC2)Oc2c1cc(C(=O)O)n2C. The largest absolute Gasteiger partial charge is 0.477 e. The molecule has 1 aliphatic carbocycles. The molecule has 1 atom stereocenters. The molecular weight excluding hydrogens is 220 g/mol. The summed E-state index contributed by atoms with van der Waals surface area (Å²) in [7, 11) is 3.73. The molecule has 5 heteroatoms. The summed E-state index contributed by atoms with van der Waals surface area (Å²) in [6, 6.07) is 1.68. The maximum atomic E-state index is 11.1. The Labute approximate surface area is 99.6 Å². The Kier molecular flexibility index (Phi) is 2.11. The first-order valence-corrected chi connectivity index (χ1v) is 5.88. The standard InChI is InChI=1S/C12H16N2O3/c1-13-6-10(7-3-4-7)17-11-8(13)5-9(12(15)16)14(11)2/h5,7,10H,3-4,6H2,1-2H3,(H,15,16). The fourth-order valence-electron chi connectivity index (χ4n) is 2.45. The summed E-state index contributed by atoms with van der Waals surface area (Å²) in [6.45, 7) is 0.848. The fourth-order valence-corrected chi connectivity index (χ4v) is 2.45. The van der Waals surface area contributed by atoms with Crippen LogP contribution in [-0.2, 0) is 7.05 Å². The smallest absolute Gasteiger partial charge is 0.352 e. The van der Waals surface area contributed by atoms with Crippen LogP contribution in [0.5, 0.6) is 5.88 Å². The Morgan fingerprint density at radius 1 is 1.47 bits per heavy atom. The van der Waals surface area contributed by atoms with Gasteiger partial charge in [-0.25, -0.2) is 4.79 Å². The number of fused-ring (bicyclic) bond motifs is 1. The predicted molar refractivity (Wildman–Crippen MR) is 62.8 cm³/mol. The van der Waals surface area contributed by atoms with Gasteiger partial charge in [0.1, 0.15) is 17.5 Å². The highest BCUT2D eigenvalue weighted by Crippen LogP contribution is 2.42. The second-order valence-corrected chi connectivity index (χ2v) is 4.96. The number of rotatable bonds is 2. The van der Waals surface area contributed by atoms with Crippen LogP contribution in [-0.4, -0.2) is 35.3 Å². The molecule has 3 rings (SSSR count). The minimum Gasteiger partial charge on any atom is -0.477 e. The molecule has 1 unspecified atom stereocenters. The summed E-state index contributed by atoms with van der Waals surface area (Å²) in [4.78, 5) is 13.2. The van der Waals surface area contributed by atoms with Gasteiger partial charge in [0, 0.05) is 14.1 Å². The van der Waals surface area contributed by atoms with E-state index >= 15 is 0 Å². The second-order valence-electron chi connectivity index (χ2n) is 4.96. The van der Waals surface area contributed by atoms with Gasteiger partial charge in [0.25, 0.3) is 0 Å². The van der Waals surface area contributed by atoms with Crippen molar-refractivity contribution in [1.82, 2.24) is 4.57 Å². The van der Waals surface area contributed by atoms with Crippen molar-refractivity contribution in [2.24, 2.45) is 13.0 Å². The number of carbonyl (C=O) groups is 1. The molecule has 2 aliphatic rings. The number of anilines is 1. The summed E-state index contributed by atoms with van der Waals surface area (Å²) in [5.41, 5.74) is 1.15. The first kappa shape index (κ1) is 10.5. The molecule has 1 fully saturated rings.